The van der Waals surface area contributed by atoms with E-state index >= 15 is 0 Å². The molecule has 0 unspecified atom stereocenters. The van der Waals surface area contributed by atoms with Crippen LogP contribution >= 0.6 is 0 Å². The third kappa shape index (κ3) is 6.14. The molecule has 0 saturated heterocycles. The average molecular weight is 467 g/mol. The van der Waals surface area contributed by atoms with Crippen molar-refractivity contribution in [2.24, 2.45) is 0 Å². The van der Waals surface area contributed by atoms with Gasteiger partial charge in [0.15, 0.2) is 0 Å². The molecule has 33 heavy (non-hydrogen) atoms. The molecule has 0 aliphatic heterocycles. The molecular weight excluding hydrogens is 436 g/mol. The van der Waals surface area contributed by atoms with Crippen molar-refractivity contribution in [1.82, 2.24) is 5.32 Å². The van der Waals surface area contributed by atoms with E-state index in [1.54, 1.807) is 24.3 Å². The van der Waals surface area contributed by atoms with Crippen LogP contribution < -0.4 is 14.4 Å². The van der Waals surface area contributed by atoms with E-state index in [2.05, 4.69) is 5.32 Å². The molecule has 0 aromatic heterocycles. The summed E-state index contributed by atoms with van der Waals surface area (Å²) in [5.41, 5.74) is 2.40. The summed E-state index contributed by atoms with van der Waals surface area (Å²) in [4.78, 5) is 13.1. The zero-order valence-electron chi connectivity index (χ0n) is 19.2. The second-order valence-electron chi connectivity index (χ2n) is 7.69. The van der Waals surface area contributed by atoms with Gasteiger partial charge in [0.2, 0.25) is 5.91 Å². The van der Waals surface area contributed by atoms with Crippen molar-refractivity contribution in [3.63, 3.8) is 0 Å². The van der Waals surface area contributed by atoms with Crippen molar-refractivity contribution in [3.8, 4) is 5.75 Å². The molecule has 3 aromatic rings. The van der Waals surface area contributed by atoms with Crippen molar-refractivity contribution in [2.45, 2.75) is 38.1 Å². The van der Waals surface area contributed by atoms with E-state index in [4.69, 9.17) is 4.74 Å². The molecule has 174 valence electrons. The predicted molar refractivity (Wildman–Crippen MR) is 131 cm³/mol. The van der Waals surface area contributed by atoms with Crippen LogP contribution in [0.2, 0.25) is 0 Å². The van der Waals surface area contributed by atoms with Crippen LogP contribution in [0, 0.1) is 6.92 Å². The number of amides is 1. The number of hydrogen-bond donors (Lipinski definition) is 1. The van der Waals surface area contributed by atoms with Crippen LogP contribution in [0.15, 0.2) is 83.8 Å². The summed E-state index contributed by atoms with van der Waals surface area (Å²) in [5.74, 6) is 0.213. The van der Waals surface area contributed by atoms with E-state index in [1.165, 1.54) is 12.1 Å². The molecular formula is C26H30N2O4S. The van der Waals surface area contributed by atoms with Crippen LogP contribution in [0.5, 0.6) is 5.75 Å². The Morgan fingerprint density at radius 2 is 1.58 bits per heavy atom. The monoisotopic (exact) mass is 466 g/mol. The Hall–Kier alpha value is -3.32. The molecule has 0 heterocycles. The third-order valence-corrected chi connectivity index (χ3v) is 7.07. The first-order chi connectivity index (χ1) is 15.8. The maximum absolute atomic E-state index is 13.6. The first kappa shape index (κ1) is 24.3. The lowest BCUT2D eigenvalue weighted by Crippen LogP contribution is -2.42. The molecule has 0 spiro atoms. The standard InChI is InChI=1S/C26H30N2O4S/c1-4-25(21-9-7-6-8-10-21)27-26(29)19-28(22-13-11-20(3)12-14-22)33(30,31)24-17-15-23(16-18-24)32-5-2/h6-18,25H,4-5,19H2,1-3H3,(H,27,29)/t25-/m1/s1. The first-order valence-electron chi connectivity index (χ1n) is 11.0. The van der Waals surface area contributed by atoms with Crippen LogP contribution in [0.1, 0.15) is 37.4 Å². The fraction of sp³-hybridized carbons (Fsp3) is 0.269. The Bertz CT molecular complexity index is 1150. The van der Waals surface area contributed by atoms with Crippen LogP contribution in [-0.4, -0.2) is 27.5 Å². The molecule has 7 heteroatoms. The van der Waals surface area contributed by atoms with Crippen LogP contribution in [0.4, 0.5) is 5.69 Å². The molecule has 0 aliphatic carbocycles. The van der Waals surface area contributed by atoms with E-state index in [9.17, 15) is 13.2 Å². The molecule has 0 aliphatic rings. The molecule has 0 bridgehead atoms. The highest BCUT2D eigenvalue weighted by Crippen LogP contribution is 2.26. The number of ether oxygens (including phenoxy) is 1. The SMILES string of the molecule is CCOc1ccc(S(=O)(=O)N(CC(=O)N[C@H](CC)c2ccccc2)c2ccc(C)cc2)cc1. The Kier molecular flexibility index (Phi) is 8.11. The quantitative estimate of drug-likeness (QED) is 0.463. The number of nitrogens with zero attached hydrogens (tertiary/aromatic N) is 1. The summed E-state index contributed by atoms with van der Waals surface area (Å²) in [5, 5.41) is 2.98. The average Bonchev–Trinajstić information content (AvgIpc) is 2.83. The number of rotatable bonds is 10. The van der Waals surface area contributed by atoms with E-state index in [1.807, 2.05) is 63.2 Å². The minimum Gasteiger partial charge on any atom is -0.494 e. The fourth-order valence-corrected chi connectivity index (χ4v) is 4.93. The first-order valence-corrected chi connectivity index (χ1v) is 12.5. The molecule has 0 fully saturated rings. The lowest BCUT2D eigenvalue weighted by Gasteiger charge is -2.26. The highest BCUT2D eigenvalue weighted by atomic mass is 32.2. The summed E-state index contributed by atoms with van der Waals surface area (Å²) in [6.45, 7) is 5.92. The maximum Gasteiger partial charge on any atom is 0.264 e. The topological polar surface area (TPSA) is 75.7 Å². The molecule has 0 radical (unpaired) electrons. The molecule has 1 atom stereocenters. The second-order valence-corrected chi connectivity index (χ2v) is 9.55. The van der Waals surface area contributed by atoms with Gasteiger partial charge < -0.3 is 10.1 Å². The number of hydrogen-bond acceptors (Lipinski definition) is 4. The third-order valence-electron chi connectivity index (χ3n) is 5.28. The van der Waals surface area contributed by atoms with E-state index in [0.29, 0.717) is 24.5 Å². The zero-order valence-corrected chi connectivity index (χ0v) is 20.0. The van der Waals surface area contributed by atoms with Crippen molar-refractivity contribution in [1.29, 1.82) is 0 Å². The Labute approximate surface area is 196 Å². The summed E-state index contributed by atoms with van der Waals surface area (Å²) >= 11 is 0. The van der Waals surface area contributed by atoms with Crippen molar-refractivity contribution in [2.75, 3.05) is 17.5 Å². The summed E-state index contributed by atoms with van der Waals surface area (Å²) in [6, 6.07) is 22.7. The number of benzene rings is 3. The molecule has 3 rings (SSSR count). The van der Waals surface area contributed by atoms with Gasteiger partial charge in [0.05, 0.1) is 23.2 Å². The zero-order chi connectivity index (χ0) is 23.8. The van der Waals surface area contributed by atoms with Crippen molar-refractivity contribution >= 4 is 21.6 Å². The number of carbonyl (C=O) groups excluding carboxylic acids is 1. The van der Waals surface area contributed by atoms with Gasteiger partial charge in [0, 0.05) is 0 Å². The molecule has 1 amide bonds. The van der Waals surface area contributed by atoms with Crippen LogP contribution in [0.25, 0.3) is 0 Å². The highest BCUT2D eigenvalue weighted by Gasteiger charge is 2.28. The van der Waals surface area contributed by atoms with Gasteiger partial charge in [0.1, 0.15) is 12.3 Å². The largest absolute Gasteiger partial charge is 0.494 e. The van der Waals surface area contributed by atoms with Gasteiger partial charge in [-0.3, -0.25) is 9.10 Å². The Morgan fingerprint density at radius 1 is 0.939 bits per heavy atom. The summed E-state index contributed by atoms with van der Waals surface area (Å²) < 4.78 is 33.7. The fourth-order valence-electron chi connectivity index (χ4n) is 3.50. The predicted octanol–water partition coefficient (Wildman–Crippen LogP) is 4.86. The lowest BCUT2D eigenvalue weighted by atomic mass is 10.0. The normalized spacial score (nSPS) is 12.1. The number of nitrogens with one attached hydrogen (secondary N) is 1. The van der Waals surface area contributed by atoms with Gasteiger partial charge in [-0.1, -0.05) is 55.0 Å². The summed E-state index contributed by atoms with van der Waals surface area (Å²) in [6.07, 6.45) is 0.686. The number of carbonyl (C=O) groups is 1. The van der Waals surface area contributed by atoms with Crippen molar-refractivity contribution in [3.05, 3.63) is 90.0 Å². The highest BCUT2D eigenvalue weighted by molar-refractivity contribution is 7.92. The smallest absolute Gasteiger partial charge is 0.264 e. The van der Waals surface area contributed by atoms with E-state index in [0.717, 1.165) is 15.4 Å². The van der Waals surface area contributed by atoms with Crippen LogP contribution in [-0.2, 0) is 14.8 Å². The Morgan fingerprint density at radius 3 is 2.15 bits per heavy atom. The second kappa shape index (κ2) is 11.0. The van der Waals surface area contributed by atoms with Gasteiger partial charge in [-0.15, -0.1) is 0 Å². The van der Waals surface area contributed by atoms with Gasteiger partial charge >= 0.3 is 0 Å². The molecule has 1 N–H and O–H groups in total. The van der Waals surface area contributed by atoms with Crippen molar-refractivity contribution < 1.29 is 17.9 Å². The minimum atomic E-state index is -3.98. The summed E-state index contributed by atoms with van der Waals surface area (Å²) in [7, 11) is -3.98. The lowest BCUT2D eigenvalue weighted by molar-refractivity contribution is -0.120. The van der Waals surface area contributed by atoms with E-state index < -0.39 is 10.0 Å². The van der Waals surface area contributed by atoms with Gasteiger partial charge in [-0.25, -0.2) is 8.42 Å². The van der Waals surface area contributed by atoms with Gasteiger partial charge in [0.25, 0.3) is 10.0 Å². The number of anilines is 1. The van der Waals surface area contributed by atoms with Gasteiger partial charge in [-0.05, 0) is 62.2 Å². The molecule has 0 saturated carbocycles. The Balaban J connectivity index is 1.89. The molecule has 3 aromatic carbocycles. The van der Waals surface area contributed by atoms with Crippen LogP contribution in [0.3, 0.4) is 0 Å². The number of aryl methyl sites for hydroxylation is 1. The molecule has 6 nitrogen and oxygen atoms in total. The van der Waals surface area contributed by atoms with E-state index in [-0.39, 0.29) is 23.4 Å². The van der Waals surface area contributed by atoms with Gasteiger partial charge in [-0.2, -0.15) is 0 Å². The number of sulfonamides is 1. The minimum absolute atomic E-state index is 0.0921. The maximum atomic E-state index is 13.6.